The van der Waals surface area contributed by atoms with E-state index in [2.05, 4.69) is 45.0 Å². The molecule has 2 N–H and O–H groups in total. The Hall–Kier alpha value is -0.820. The third-order valence-electron chi connectivity index (χ3n) is 4.84. The van der Waals surface area contributed by atoms with Crippen LogP contribution in [0, 0.1) is 5.41 Å². The van der Waals surface area contributed by atoms with E-state index in [-0.39, 0.29) is 11.0 Å². The van der Waals surface area contributed by atoms with Crippen molar-refractivity contribution in [3.05, 3.63) is 35.4 Å². The molecule has 1 unspecified atom stereocenters. The van der Waals surface area contributed by atoms with Crippen molar-refractivity contribution in [3.8, 4) is 0 Å². The van der Waals surface area contributed by atoms with Crippen LogP contribution in [0.5, 0.6) is 0 Å². The van der Waals surface area contributed by atoms with Crippen LogP contribution in [-0.4, -0.2) is 0 Å². The largest absolute Gasteiger partial charge is 0.321 e. The number of nitrogens with two attached hydrogens (primary N) is 1. The predicted octanol–water partition coefficient (Wildman–Crippen LogP) is 4.39. The Morgan fingerprint density at radius 3 is 2.22 bits per heavy atom. The van der Waals surface area contributed by atoms with Gasteiger partial charge in [0.2, 0.25) is 0 Å². The Labute approximate surface area is 112 Å². The van der Waals surface area contributed by atoms with Crippen molar-refractivity contribution in [3.63, 3.8) is 0 Å². The number of rotatable bonds is 3. The molecule has 1 nitrogen and oxygen atoms in total. The standard InChI is InChI=1S/C17H27N/c1-4-7-14-8-10-15(11-9-14)17(18)13-6-5-12-16(17,2)3/h8-11H,4-7,12-13,18H2,1-3H3. The summed E-state index contributed by atoms with van der Waals surface area (Å²) in [4.78, 5) is 0. The highest BCUT2D eigenvalue weighted by atomic mass is 14.8. The van der Waals surface area contributed by atoms with Crippen molar-refractivity contribution in [2.45, 2.75) is 64.8 Å². The van der Waals surface area contributed by atoms with Crippen molar-refractivity contribution in [2.24, 2.45) is 11.1 Å². The molecule has 1 aromatic rings. The van der Waals surface area contributed by atoms with Crippen LogP contribution in [0.2, 0.25) is 0 Å². The van der Waals surface area contributed by atoms with E-state index in [9.17, 15) is 0 Å². The van der Waals surface area contributed by atoms with Gasteiger partial charge in [-0.1, -0.05) is 64.3 Å². The molecule has 0 bridgehead atoms. The highest BCUT2D eigenvalue weighted by Crippen LogP contribution is 2.48. The number of aryl methyl sites for hydroxylation is 1. The lowest BCUT2D eigenvalue weighted by Gasteiger charge is -2.48. The van der Waals surface area contributed by atoms with Gasteiger partial charge >= 0.3 is 0 Å². The van der Waals surface area contributed by atoms with Crippen LogP contribution < -0.4 is 5.73 Å². The summed E-state index contributed by atoms with van der Waals surface area (Å²) in [6, 6.07) is 9.05. The van der Waals surface area contributed by atoms with Gasteiger partial charge in [0.25, 0.3) is 0 Å². The lowest BCUT2D eigenvalue weighted by molar-refractivity contribution is 0.0978. The summed E-state index contributed by atoms with van der Waals surface area (Å²) in [7, 11) is 0. The van der Waals surface area contributed by atoms with Crippen LogP contribution in [0.25, 0.3) is 0 Å². The Balaban J connectivity index is 2.28. The van der Waals surface area contributed by atoms with Crippen LogP contribution in [-0.2, 0) is 12.0 Å². The van der Waals surface area contributed by atoms with Crippen LogP contribution in [0.4, 0.5) is 0 Å². The first-order chi connectivity index (χ1) is 8.49. The molecular weight excluding hydrogens is 218 g/mol. The Kier molecular flexibility index (Phi) is 3.82. The van der Waals surface area contributed by atoms with Gasteiger partial charge in [0, 0.05) is 5.54 Å². The van der Waals surface area contributed by atoms with Crippen LogP contribution in [0.3, 0.4) is 0 Å². The normalized spacial score (nSPS) is 27.1. The maximum Gasteiger partial charge on any atom is 0.0461 e. The molecular formula is C17H27N. The Bertz CT molecular complexity index is 391. The molecule has 100 valence electrons. The summed E-state index contributed by atoms with van der Waals surface area (Å²) in [5.41, 5.74) is 9.60. The minimum absolute atomic E-state index is 0.143. The van der Waals surface area contributed by atoms with Gasteiger partial charge in [-0.25, -0.2) is 0 Å². The average molecular weight is 245 g/mol. The fourth-order valence-corrected chi connectivity index (χ4v) is 3.32. The molecule has 0 radical (unpaired) electrons. The predicted molar refractivity (Wildman–Crippen MR) is 78.6 cm³/mol. The van der Waals surface area contributed by atoms with E-state index in [4.69, 9.17) is 5.73 Å². The molecule has 1 aliphatic carbocycles. The van der Waals surface area contributed by atoms with E-state index in [1.807, 2.05) is 0 Å². The molecule has 1 saturated carbocycles. The summed E-state index contributed by atoms with van der Waals surface area (Å²) in [5.74, 6) is 0. The number of benzene rings is 1. The van der Waals surface area contributed by atoms with Gasteiger partial charge in [-0.15, -0.1) is 0 Å². The van der Waals surface area contributed by atoms with E-state index >= 15 is 0 Å². The molecule has 18 heavy (non-hydrogen) atoms. The topological polar surface area (TPSA) is 26.0 Å². The lowest BCUT2D eigenvalue weighted by atomic mass is 9.61. The van der Waals surface area contributed by atoms with Crippen molar-refractivity contribution in [1.82, 2.24) is 0 Å². The van der Waals surface area contributed by atoms with Gasteiger partial charge in [0.1, 0.15) is 0 Å². The quantitative estimate of drug-likeness (QED) is 0.839. The zero-order valence-electron chi connectivity index (χ0n) is 12.1. The molecule has 0 aliphatic heterocycles. The number of hydrogen-bond acceptors (Lipinski definition) is 1. The van der Waals surface area contributed by atoms with E-state index in [0.29, 0.717) is 0 Å². The van der Waals surface area contributed by atoms with Crippen molar-refractivity contribution in [2.75, 3.05) is 0 Å². The van der Waals surface area contributed by atoms with E-state index in [1.165, 1.54) is 43.2 Å². The summed E-state index contributed by atoms with van der Waals surface area (Å²) >= 11 is 0. The zero-order valence-corrected chi connectivity index (χ0v) is 12.1. The van der Waals surface area contributed by atoms with E-state index < -0.39 is 0 Å². The van der Waals surface area contributed by atoms with Gasteiger partial charge in [0.05, 0.1) is 0 Å². The molecule has 0 aromatic heterocycles. The van der Waals surface area contributed by atoms with Crippen molar-refractivity contribution in [1.29, 1.82) is 0 Å². The first-order valence-electron chi connectivity index (χ1n) is 7.38. The molecule has 0 spiro atoms. The molecule has 1 heteroatoms. The molecule has 1 aromatic carbocycles. The minimum Gasteiger partial charge on any atom is -0.321 e. The van der Waals surface area contributed by atoms with Gasteiger partial charge in [0.15, 0.2) is 0 Å². The third-order valence-corrected chi connectivity index (χ3v) is 4.84. The smallest absolute Gasteiger partial charge is 0.0461 e. The first-order valence-corrected chi connectivity index (χ1v) is 7.38. The summed E-state index contributed by atoms with van der Waals surface area (Å²) in [6.45, 7) is 6.88. The fraction of sp³-hybridized carbons (Fsp3) is 0.647. The molecule has 0 heterocycles. The number of hydrogen-bond donors (Lipinski definition) is 1. The average Bonchev–Trinajstić information content (AvgIpc) is 2.34. The maximum absolute atomic E-state index is 6.78. The maximum atomic E-state index is 6.78. The minimum atomic E-state index is -0.143. The van der Waals surface area contributed by atoms with Gasteiger partial charge in [-0.05, 0) is 35.8 Å². The molecule has 0 saturated heterocycles. The van der Waals surface area contributed by atoms with Crippen molar-refractivity contribution >= 4 is 0 Å². The van der Waals surface area contributed by atoms with Gasteiger partial charge in [-0.3, -0.25) is 0 Å². The Morgan fingerprint density at radius 1 is 1.06 bits per heavy atom. The first kappa shape index (κ1) is 13.6. The SMILES string of the molecule is CCCc1ccc(C2(N)CCCCC2(C)C)cc1. The van der Waals surface area contributed by atoms with E-state index in [1.54, 1.807) is 0 Å². The van der Waals surface area contributed by atoms with Gasteiger partial charge in [-0.2, -0.15) is 0 Å². The molecule has 0 amide bonds. The second kappa shape index (κ2) is 5.05. The second-order valence-electron chi connectivity index (χ2n) is 6.51. The third kappa shape index (κ3) is 2.33. The monoisotopic (exact) mass is 245 g/mol. The van der Waals surface area contributed by atoms with Crippen LogP contribution >= 0.6 is 0 Å². The summed E-state index contributed by atoms with van der Waals surface area (Å²) in [6.07, 6.45) is 7.31. The zero-order chi connectivity index (χ0) is 13.2. The molecule has 1 aliphatic rings. The summed E-state index contributed by atoms with van der Waals surface area (Å²) in [5, 5.41) is 0. The van der Waals surface area contributed by atoms with Crippen LogP contribution in [0.15, 0.2) is 24.3 Å². The van der Waals surface area contributed by atoms with E-state index in [0.717, 1.165) is 6.42 Å². The molecule has 2 rings (SSSR count). The lowest BCUT2D eigenvalue weighted by Crippen LogP contribution is -2.51. The Morgan fingerprint density at radius 2 is 1.67 bits per heavy atom. The second-order valence-corrected chi connectivity index (χ2v) is 6.51. The summed E-state index contributed by atoms with van der Waals surface area (Å²) < 4.78 is 0. The molecule has 1 fully saturated rings. The van der Waals surface area contributed by atoms with Crippen molar-refractivity contribution < 1.29 is 0 Å². The fourth-order valence-electron chi connectivity index (χ4n) is 3.32. The van der Waals surface area contributed by atoms with Gasteiger partial charge < -0.3 is 5.73 Å². The molecule has 1 atom stereocenters. The highest BCUT2D eigenvalue weighted by Gasteiger charge is 2.44. The van der Waals surface area contributed by atoms with Crippen LogP contribution in [0.1, 0.15) is 64.0 Å². The highest BCUT2D eigenvalue weighted by molar-refractivity contribution is 5.31.